The number of aliphatic hydroxyl groups is 1. The molecule has 1 N–H and O–H groups in total. The molecule has 0 fully saturated rings. The summed E-state index contributed by atoms with van der Waals surface area (Å²) in [5.74, 6) is 0.339. The van der Waals surface area contributed by atoms with Crippen molar-refractivity contribution in [2.75, 3.05) is 7.11 Å². The molecular weight excluding hydrogens is 240 g/mol. The van der Waals surface area contributed by atoms with Gasteiger partial charge in [0.1, 0.15) is 11.3 Å². The summed E-state index contributed by atoms with van der Waals surface area (Å²) in [4.78, 5) is 8.31. The van der Waals surface area contributed by atoms with Gasteiger partial charge in [-0.1, -0.05) is 29.3 Å². The van der Waals surface area contributed by atoms with Gasteiger partial charge in [-0.25, -0.2) is 4.98 Å². The summed E-state index contributed by atoms with van der Waals surface area (Å²) in [7, 11) is 1.52. The SMILES string of the molecule is COc1nccnc1C(C)(O)c1cc(C)cc(C)c1. The molecule has 1 atom stereocenters. The van der Waals surface area contributed by atoms with E-state index < -0.39 is 5.60 Å². The maximum Gasteiger partial charge on any atom is 0.238 e. The van der Waals surface area contributed by atoms with Gasteiger partial charge in [-0.3, -0.25) is 4.98 Å². The van der Waals surface area contributed by atoms with Gasteiger partial charge in [0, 0.05) is 12.4 Å². The lowest BCUT2D eigenvalue weighted by molar-refractivity contribution is 0.0928. The Morgan fingerprint density at radius 2 is 1.63 bits per heavy atom. The molecule has 1 heterocycles. The summed E-state index contributed by atoms with van der Waals surface area (Å²) in [6.07, 6.45) is 3.09. The number of hydrogen-bond acceptors (Lipinski definition) is 4. The van der Waals surface area contributed by atoms with E-state index in [9.17, 15) is 5.11 Å². The Labute approximate surface area is 113 Å². The summed E-state index contributed by atoms with van der Waals surface area (Å²) in [6.45, 7) is 5.70. The smallest absolute Gasteiger partial charge is 0.238 e. The Kier molecular flexibility index (Phi) is 3.53. The van der Waals surface area contributed by atoms with E-state index >= 15 is 0 Å². The Morgan fingerprint density at radius 3 is 2.21 bits per heavy atom. The second-order valence-corrected chi connectivity index (χ2v) is 4.86. The number of methoxy groups -OCH3 is 1. The van der Waals surface area contributed by atoms with Gasteiger partial charge in [-0.2, -0.15) is 0 Å². The van der Waals surface area contributed by atoms with Gasteiger partial charge in [-0.15, -0.1) is 0 Å². The molecule has 0 aliphatic rings. The fraction of sp³-hybridized carbons (Fsp3) is 0.333. The molecule has 1 unspecified atom stereocenters. The van der Waals surface area contributed by atoms with Crippen molar-refractivity contribution in [3.05, 3.63) is 53.0 Å². The minimum atomic E-state index is -1.24. The van der Waals surface area contributed by atoms with Crippen molar-refractivity contribution in [3.8, 4) is 5.88 Å². The largest absolute Gasteiger partial charge is 0.480 e. The number of hydrogen-bond donors (Lipinski definition) is 1. The van der Waals surface area contributed by atoms with E-state index in [4.69, 9.17) is 4.74 Å². The van der Waals surface area contributed by atoms with E-state index in [1.165, 1.54) is 7.11 Å². The normalized spacial score (nSPS) is 13.9. The standard InChI is InChI=1S/C15H18N2O2/c1-10-7-11(2)9-12(8-10)15(3,18)13-14(19-4)17-6-5-16-13/h5-9,18H,1-4H3. The van der Waals surface area contributed by atoms with Gasteiger partial charge < -0.3 is 9.84 Å². The first-order valence-corrected chi connectivity index (χ1v) is 6.11. The van der Waals surface area contributed by atoms with Crippen molar-refractivity contribution in [2.45, 2.75) is 26.4 Å². The van der Waals surface area contributed by atoms with Crippen LogP contribution in [0.15, 0.2) is 30.6 Å². The van der Waals surface area contributed by atoms with Crippen LogP contribution in [0.1, 0.15) is 29.3 Å². The number of aromatic nitrogens is 2. The predicted molar refractivity (Wildman–Crippen MR) is 73.2 cm³/mol. The lowest BCUT2D eigenvalue weighted by Gasteiger charge is -2.25. The van der Waals surface area contributed by atoms with E-state index in [-0.39, 0.29) is 0 Å². The zero-order valence-electron chi connectivity index (χ0n) is 11.6. The van der Waals surface area contributed by atoms with Gasteiger partial charge >= 0.3 is 0 Å². The van der Waals surface area contributed by atoms with E-state index in [0.717, 1.165) is 16.7 Å². The molecule has 0 aliphatic heterocycles. The van der Waals surface area contributed by atoms with Crippen LogP contribution >= 0.6 is 0 Å². The Morgan fingerprint density at radius 1 is 1.05 bits per heavy atom. The number of nitrogens with zero attached hydrogens (tertiary/aromatic N) is 2. The van der Waals surface area contributed by atoms with Crippen LogP contribution in [0.5, 0.6) is 5.88 Å². The molecule has 4 heteroatoms. The first-order valence-electron chi connectivity index (χ1n) is 6.11. The first kappa shape index (κ1) is 13.5. The van der Waals surface area contributed by atoms with Crippen LogP contribution in [-0.2, 0) is 5.60 Å². The third kappa shape index (κ3) is 2.58. The fourth-order valence-electron chi connectivity index (χ4n) is 2.20. The summed E-state index contributed by atoms with van der Waals surface area (Å²) in [6, 6.07) is 5.95. The molecule has 4 nitrogen and oxygen atoms in total. The molecule has 1 aromatic heterocycles. The number of ether oxygens (including phenoxy) is 1. The Hall–Kier alpha value is -1.94. The predicted octanol–water partition coefficient (Wildman–Crippen LogP) is 2.36. The molecule has 0 saturated carbocycles. The number of aryl methyl sites for hydroxylation is 2. The van der Waals surface area contributed by atoms with Crippen molar-refractivity contribution >= 4 is 0 Å². The summed E-state index contributed by atoms with van der Waals surface area (Å²) >= 11 is 0. The second kappa shape index (κ2) is 4.97. The fourth-order valence-corrected chi connectivity index (χ4v) is 2.20. The van der Waals surface area contributed by atoms with Gasteiger partial charge in [0.25, 0.3) is 0 Å². The summed E-state index contributed by atoms with van der Waals surface area (Å²) in [5.41, 5.74) is 2.15. The quantitative estimate of drug-likeness (QED) is 0.918. The van der Waals surface area contributed by atoms with Crippen LogP contribution in [-0.4, -0.2) is 22.2 Å². The van der Waals surface area contributed by atoms with Crippen LogP contribution in [0.4, 0.5) is 0 Å². The zero-order valence-corrected chi connectivity index (χ0v) is 11.6. The molecule has 0 spiro atoms. The Bertz CT molecular complexity index is 574. The first-order chi connectivity index (χ1) is 8.95. The minimum absolute atomic E-state index is 0.339. The maximum atomic E-state index is 10.8. The van der Waals surface area contributed by atoms with E-state index in [0.29, 0.717) is 11.6 Å². The maximum absolute atomic E-state index is 10.8. The molecular formula is C15H18N2O2. The third-order valence-corrected chi connectivity index (χ3v) is 3.10. The highest BCUT2D eigenvalue weighted by molar-refractivity contribution is 5.39. The van der Waals surface area contributed by atoms with Crippen LogP contribution in [0.25, 0.3) is 0 Å². The van der Waals surface area contributed by atoms with Crippen molar-refractivity contribution in [1.29, 1.82) is 0 Å². The van der Waals surface area contributed by atoms with E-state index in [2.05, 4.69) is 16.0 Å². The van der Waals surface area contributed by atoms with Gasteiger partial charge in [-0.05, 0) is 26.3 Å². The highest BCUT2D eigenvalue weighted by Crippen LogP contribution is 2.33. The summed E-state index contributed by atoms with van der Waals surface area (Å²) < 4.78 is 5.18. The molecule has 19 heavy (non-hydrogen) atoms. The summed E-state index contributed by atoms with van der Waals surface area (Å²) in [5, 5.41) is 10.8. The highest BCUT2D eigenvalue weighted by atomic mass is 16.5. The zero-order chi connectivity index (χ0) is 14.0. The molecule has 2 aromatic rings. The third-order valence-electron chi connectivity index (χ3n) is 3.10. The van der Waals surface area contributed by atoms with Crippen molar-refractivity contribution < 1.29 is 9.84 Å². The molecule has 0 amide bonds. The van der Waals surface area contributed by atoms with Crippen LogP contribution in [0.2, 0.25) is 0 Å². The molecule has 0 radical (unpaired) electrons. The number of benzene rings is 1. The topological polar surface area (TPSA) is 55.2 Å². The second-order valence-electron chi connectivity index (χ2n) is 4.86. The number of rotatable bonds is 3. The van der Waals surface area contributed by atoms with Crippen molar-refractivity contribution in [2.24, 2.45) is 0 Å². The lowest BCUT2D eigenvalue weighted by atomic mass is 9.90. The molecule has 100 valence electrons. The van der Waals surface area contributed by atoms with Gasteiger partial charge in [0.15, 0.2) is 0 Å². The van der Waals surface area contributed by atoms with Crippen LogP contribution in [0, 0.1) is 13.8 Å². The van der Waals surface area contributed by atoms with Crippen molar-refractivity contribution in [1.82, 2.24) is 9.97 Å². The monoisotopic (exact) mass is 258 g/mol. The highest BCUT2D eigenvalue weighted by Gasteiger charge is 2.31. The average Bonchev–Trinajstić information content (AvgIpc) is 2.37. The van der Waals surface area contributed by atoms with E-state index in [1.54, 1.807) is 19.3 Å². The lowest BCUT2D eigenvalue weighted by Crippen LogP contribution is -2.25. The van der Waals surface area contributed by atoms with Crippen LogP contribution < -0.4 is 4.74 Å². The van der Waals surface area contributed by atoms with E-state index in [1.807, 2.05) is 26.0 Å². The molecule has 0 saturated heterocycles. The molecule has 0 bridgehead atoms. The van der Waals surface area contributed by atoms with Crippen LogP contribution in [0.3, 0.4) is 0 Å². The van der Waals surface area contributed by atoms with Gasteiger partial charge in [0.2, 0.25) is 5.88 Å². The molecule has 2 rings (SSSR count). The molecule has 1 aromatic carbocycles. The minimum Gasteiger partial charge on any atom is -0.480 e. The molecule has 0 aliphatic carbocycles. The average molecular weight is 258 g/mol. The Balaban J connectivity index is 2.57. The van der Waals surface area contributed by atoms with Crippen molar-refractivity contribution in [3.63, 3.8) is 0 Å². The van der Waals surface area contributed by atoms with Gasteiger partial charge in [0.05, 0.1) is 7.11 Å².